The van der Waals surface area contributed by atoms with Crippen molar-refractivity contribution < 1.29 is 4.74 Å². The Kier molecular flexibility index (Phi) is 5.13. The Morgan fingerprint density at radius 1 is 1.20 bits per heavy atom. The zero-order valence-electron chi connectivity index (χ0n) is 9.70. The second-order valence-corrected chi connectivity index (χ2v) is 4.22. The summed E-state index contributed by atoms with van der Waals surface area (Å²) in [4.78, 5) is 0. The standard InChI is InChI=1S/C14H20O/c1-4-9-15-11-14-7-5-13(6-8-14)10-12(2)3/h4-8,12H,1,9-11H2,2-3H3. The van der Waals surface area contributed by atoms with Crippen LogP contribution >= 0.6 is 0 Å². The molecule has 0 heterocycles. The first kappa shape index (κ1) is 12.0. The molecule has 0 amide bonds. The third kappa shape index (κ3) is 4.80. The van der Waals surface area contributed by atoms with Gasteiger partial charge in [-0.15, -0.1) is 6.58 Å². The largest absolute Gasteiger partial charge is 0.373 e. The Hall–Kier alpha value is -1.08. The van der Waals surface area contributed by atoms with Gasteiger partial charge in [0, 0.05) is 0 Å². The minimum Gasteiger partial charge on any atom is -0.373 e. The van der Waals surface area contributed by atoms with Crippen LogP contribution in [-0.4, -0.2) is 6.61 Å². The van der Waals surface area contributed by atoms with Crippen LogP contribution in [0.2, 0.25) is 0 Å². The molecule has 0 fully saturated rings. The molecule has 0 aliphatic rings. The predicted molar refractivity (Wildman–Crippen MR) is 64.8 cm³/mol. The molecule has 1 rings (SSSR count). The minimum atomic E-state index is 0.619. The lowest BCUT2D eigenvalue weighted by Crippen LogP contribution is -1.96. The highest BCUT2D eigenvalue weighted by Crippen LogP contribution is 2.10. The van der Waals surface area contributed by atoms with Crippen LogP contribution in [0, 0.1) is 5.92 Å². The summed E-state index contributed by atoms with van der Waals surface area (Å²) in [5.41, 5.74) is 2.63. The SMILES string of the molecule is C=CCOCc1ccc(CC(C)C)cc1. The first-order valence-electron chi connectivity index (χ1n) is 5.49. The zero-order valence-corrected chi connectivity index (χ0v) is 9.70. The third-order valence-electron chi connectivity index (χ3n) is 2.17. The molecule has 0 saturated carbocycles. The van der Waals surface area contributed by atoms with E-state index in [4.69, 9.17) is 4.74 Å². The van der Waals surface area contributed by atoms with Crippen LogP contribution in [-0.2, 0) is 17.8 Å². The lowest BCUT2D eigenvalue weighted by atomic mass is 10.0. The quantitative estimate of drug-likeness (QED) is 0.508. The van der Waals surface area contributed by atoms with Crippen molar-refractivity contribution >= 4 is 0 Å². The van der Waals surface area contributed by atoms with E-state index in [9.17, 15) is 0 Å². The van der Waals surface area contributed by atoms with Crippen LogP contribution < -0.4 is 0 Å². The van der Waals surface area contributed by atoms with Gasteiger partial charge >= 0.3 is 0 Å². The van der Waals surface area contributed by atoms with Crippen molar-refractivity contribution in [2.75, 3.05) is 6.61 Å². The Morgan fingerprint density at radius 3 is 2.33 bits per heavy atom. The molecule has 0 aromatic heterocycles. The molecule has 15 heavy (non-hydrogen) atoms. The van der Waals surface area contributed by atoms with Gasteiger partial charge in [-0.05, 0) is 23.5 Å². The van der Waals surface area contributed by atoms with E-state index < -0.39 is 0 Å². The molecule has 0 aliphatic carbocycles. The van der Waals surface area contributed by atoms with E-state index in [-0.39, 0.29) is 0 Å². The van der Waals surface area contributed by atoms with Crippen LogP contribution in [0.1, 0.15) is 25.0 Å². The first-order chi connectivity index (χ1) is 7.22. The van der Waals surface area contributed by atoms with Crippen molar-refractivity contribution in [2.24, 2.45) is 5.92 Å². The van der Waals surface area contributed by atoms with E-state index in [0.29, 0.717) is 19.1 Å². The van der Waals surface area contributed by atoms with Gasteiger partial charge in [0.05, 0.1) is 13.2 Å². The van der Waals surface area contributed by atoms with E-state index in [1.807, 2.05) is 0 Å². The van der Waals surface area contributed by atoms with Gasteiger partial charge in [0.2, 0.25) is 0 Å². The molecule has 0 aliphatic heterocycles. The third-order valence-corrected chi connectivity index (χ3v) is 2.17. The normalized spacial score (nSPS) is 10.6. The molecular weight excluding hydrogens is 184 g/mol. The molecule has 0 atom stereocenters. The summed E-state index contributed by atoms with van der Waals surface area (Å²) in [5.74, 6) is 0.716. The van der Waals surface area contributed by atoms with Gasteiger partial charge in [-0.2, -0.15) is 0 Å². The minimum absolute atomic E-state index is 0.619. The number of rotatable bonds is 6. The van der Waals surface area contributed by atoms with Crippen molar-refractivity contribution in [1.29, 1.82) is 0 Å². The molecule has 0 saturated heterocycles. The molecule has 1 heteroatoms. The lowest BCUT2D eigenvalue weighted by molar-refractivity contribution is 0.149. The second-order valence-electron chi connectivity index (χ2n) is 4.22. The van der Waals surface area contributed by atoms with Gasteiger partial charge in [0.15, 0.2) is 0 Å². The molecule has 1 nitrogen and oxygen atoms in total. The van der Waals surface area contributed by atoms with Crippen LogP contribution in [0.15, 0.2) is 36.9 Å². The first-order valence-corrected chi connectivity index (χ1v) is 5.49. The maximum Gasteiger partial charge on any atom is 0.0721 e. The van der Waals surface area contributed by atoms with Crippen molar-refractivity contribution in [3.8, 4) is 0 Å². The summed E-state index contributed by atoms with van der Waals surface area (Å²) >= 11 is 0. The van der Waals surface area contributed by atoms with Gasteiger partial charge in [-0.3, -0.25) is 0 Å². The molecule has 1 aromatic rings. The van der Waals surface area contributed by atoms with E-state index >= 15 is 0 Å². The van der Waals surface area contributed by atoms with Crippen LogP contribution in [0.25, 0.3) is 0 Å². The van der Waals surface area contributed by atoms with E-state index in [1.165, 1.54) is 11.1 Å². The second kappa shape index (κ2) is 6.41. The number of ether oxygens (including phenoxy) is 1. The predicted octanol–water partition coefficient (Wildman–Crippen LogP) is 3.59. The fourth-order valence-electron chi connectivity index (χ4n) is 1.50. The summed E-state index contributed by atoms with van der Waals surface area (Å²) in [5, 5.41) is 0. The fraction of sp³-hybridized carbons (Fsp3) is 0.429. The zero-order chi connectivity index (χ0) is 11.1. The lowest BCUT2D eigenvalue weighted by Gasteiger charge is -2.06. The van der Waals surface area contributed by atoms with E-state index in [2.05, 4.69) is 44.7 Å². The van der Waals surface area contributed by atoms with Crippen molar-refractivity contribution in [2.45, 2.75) is 26.9 Å². The van der Waals surface area contributed by atoms with Gasteiger partial charge < -0.3 is 4.74 Å². The summed E-state index contributed by atoms with van der Waals surface area (Å²) in [6.45, 7) is 9.38. The topological polar surface area (TPSA) is 9.23 Å². The molecule has 0 unspecified atom stereocenters. The van der Waals surface area contributed by atoms with Gasteiger partial charge in [0.25, 0.3) is 0 Å². The average molecular weight is 204 g/mol. The van der Waals surface area contributed by atoms with Gasteiger partial charge in [0.1, 0.15) is 0 Å². The number of hydrogen-bond acceptors (Lipinski definition) is 1. The van der Waals surface area contributed by atoms with E-state index in [0.717, 1.165) is 6.42 Å². The van der Waals surface area contributed by atoms with Gasteiger partial charge in [-0.25, -0.2) is 0 Å². The van der Waals surface area contributed by atoms with Crippen LogP contribution in [0.5, 0.6) is 0 Å². The average Bonchev–Trinajstić information content (AvgIpc) is 2.20. The Morgan fingerprint density at radius 2 is 1.80 bits per heavy atom. The maximum absolute atomic E-state index is 5.37. The smallest absolute Gasteiger partial charge is 0.0721 e. The Bertz CT molecular complexity index is 285. The highest BCUT2D eigenvalue weighted by molar-refractivity contribution is 5.22. The molecule has 1 aromatic carbocycles. The Balaban J connectivity index is 2.45. The molecular formula is C14H20O. The number of benzene rings is 1. The molecule has 0 radical (unpaired) electrons. The molecule has 82 valence electrons. The highest BCUT2D eigenvalue weighted by Gasteiger charge is 1.98. The summed E-state index contributed by atoms with van der Waals surface area (Å²) in [7, 11) is 0. The van der Waals surface area contributed by atoms with Crippen LogP contribution in [0.4, 0.5) is 0 Å². The van der Waals surface area contributed by atoms with Crippen molar-refractivity contribution in [3.63, 3.8) is 0 Å². The molecule has 0 bridgehead atoms. The van der Waals surface area contributed by atoms with Crippen molar-refractivity contribution in [1.82, 2.24) is 0 Å². The summed E-state index contributed by atoms with van der Waals surface area (Å²) in [6, 6.07) is 8.65. The van der Waals surface area contributed by atoms with Crippen molar-refractivity contribution in [3.05, 3.63) is 48.0 Å². The molecule has 0 spiro atoms. The van der Waals surface area contributed by atoms with E-state index in [1.54, 1.807) is 6.08 Å². The fourth-order valence-corrected chi connectivity index (χ4v) is 1.50. The highest BCUT2D eigenvalue weighted by atomic mass is 16.5. The van der Waals surface area contributed by atoms with Crippen LogP contribution in [0.3, 0.4) is 0 Å². The summed E-state index contributed by atoms with van der Waals surface area (Å²) < 4.78 is 5.37. The Labute approximate surface area is 92.8 Å². The molecule has 0 N–H and O–H groups in total. The maximum atomic E-state index is 5.37. The van der Waals surface area contributed by atoms with Gasteiger partial charge in [-0.1, -0.05) is 44.2 Å². The monoisotopic (exact) mass is 204 g/mol. The summed E-state index contributed by atoms with van der Waals surface area (Å²) in [6.07, 6.45) is 2.92. The number of hydrogen-bond donors (Lipinski definition) is 0.